The Balaban J connectivity index is 1.99. The Morgan fingerprint density at radius 3 is 2.17 bits per heavy atom. The molecule has 2 aromatic carbocycles. The summed E-state index contributed by atoms with van der Waals surface area (Å²) in [7, 11) is 0. The van der Waals surface area contributed by atoms with Gasteiger partial charge in [-0.05, 0) is 35.2 Å². The van der Waals surface area contributed by atoms with Crippen LogP contribution in [0.15, 0.2) is 54.6 Å². The van der Waals surface area contributed by atoms with Crippen molar-refractivity contribution in [3.05, 3.63) is 60.2 Å². The van der Waals surface area contributed by atoms with Crippen LogP contribution in [-0.2, 0) is 0 Å². The van der Waals surface area contributed by atoms with Crippen LogP contribution in [0.3, 0.4) is 0 Å². The van der Waals surface area contributed by atoms with Crippen molar-refractivity contribution in [2.75, 3.05) is 19.8 Å². The first-order chi connectivity index (χ1) is 11.2. The maximum Gasteiger partial charge on any atom is 0.119 e. The monoisotopic (exact) mass is 313 g/mol. The maximum absolute atomic E-state index is 9.39. The number of ether oxygens (including phenoxy) is 1. The van der Waals surface area contributed by atoms with Crippen LogP contribution in [-0.4, -0.2) is 36.1 Å². The molecule has 1 atom stereocenters. The topological polar surface area (TPSA) is 75.7 Å². The summed E-state index contributed by atoms with van der Waals surface area (Å²) in [6.07, 6.45) is 3.99. The van der Waals surface area contributed by atoms with Crippen LogP contribution in [0.1, 0.15) is 12.0 Å². The van der Waals surface area contributed by atoms with Gasteiger partial charge in [-0.2, -0.15) is 0 Å². The molecule has 4 N–H and O–H groups in total. The number of aliphatic hydroxyl groups excluding tert-OH is 2. The van der Waals surface area contributed by atoms with E-state index in [0.717, 1.165) is 16.7 Å². The van der Waals surface area contributed by atoms with E-state index in [9.17, 15) is 5.11 Å². The summed E-state index contributed by atoms with van der Waals surface area (Å²) in [5, 5.41) is 18.1. The van der Waals surface area contributed by atoms with Gasteiger partial charge in [0.15, 0.2) is 0 Å². The van der Waals surface area contributed by atoms with Crippen LogP contribution in [0.25, 0.3) is 17.2 Å². The number of hydrogen-bond acceptors (Lipinski definition) is 4. The zero-order valence-electron chi connectivity index (χ0n) is 13.1. The van der Waals surface area contributed by atoms with Gasteiger partial charge in [-0.3, -0.25) is 0 Å². The van der Waals surface area contributed by atoms with E-state index in [-0.39, 0.29) is 19.8 Å². The highest BCUT2D eigenvalue weighted by Crippen LogP contribution is 2.23. The van der Waals surface area contributed by atoms with Gasteiger partial charge in [-0.25, -0.2) is 0 Å². The van der Waals surface area contributed by atoms with E-state index in [1.165, 1.54) is 0 Å². The second-order valence-corrected chi connectivity index (χ2v) is 5.26. The lowest BCUT2D eigenvalue weighted by molar-refractivity contribution is 0.114. The Morgan fingerprint density at radius 2 is 1.61 bits per heavy atom. The molecule has 0 fully saturated rings. The van der Waals surface area contributed by atoms with Gasteiger partial charge in [0.25, 0.3) is 0 Å². The summed E-state index contributed by atoms with van der Waals surface area (Å²) in [5.74, 6) is 0.713. The molecule has 0 aliphatic heterocycles. The zero-order valence-corrected chi connectivity index (χ0v) is 13.1. The molecule has 1 unspecified atom stereocenters. The van der Waals surface area contributed by atoms with Crippen LogP contribution in [0, 0.1) is 0 Å². The maximum atomic E-state index is 9.39. The quantitative estimate of drug-likeness (QED) is 0.700. The van der Waals surface area contributed by atoms with E-state index in [1.807, 2.05) is 48.6 Å². The Hall–Kier alpha value is -2.14. The third kappa shape index (κ3) is 5.53. The fourth-order valence-electron chi connectivity index (χ4n) is 2.08. The van der Waals surface area contributed by atoms with Crippen molar-refractivity contribution < 1.29 is 14.9 Å². The lowest BCUT2D eigenvalue weighted by Gasteiger charge is -2.10. The molecule has 2 rings (SSSR count). The van der Waals surface area contributed by atoms with Crippen molar-refractivity contribution in [1.29, 1.82) is 0 Å². The smallest absolute Gasteiger partial charge is 0.119 e. The van der Waals surface area contributed by atoms with Gasteiger partial charge >= 0.3 is 0 Å². The van der Waals surface area contributed by atoms with E-state index in [4.69, 9.17) is 15.6 Å². The largest absolute Gasteiger partial charge is 0.491 e. The van der Waals surface area contributed by atoms with Gasteiger partial charge in [-0.1, -0.05) is 48.6 Å². The lowest BCUT2D eigenvalue weighted by Crippen LogP contribution is -2.26. The molecule has 0 aliphatic rings. The molecule has 2 aromatic rings. The van der Waals surface area contributed by atoms with Gasteiger partial charge in [-0.15, -0.1) is 0 Å². The van der Waals surface area contributed by atoms with E-state index in [0.29, 0.717) is 12.2 Å². The average Bonchev–Trinajstić information content (AvgIpc) is 2.61. The van der Waals surface area contributed by atoms with Crippen LogP contribution in [0.5, 0.6) is 5.75 Å². The third-order valence-electron chi connectivity index (χ3n) is 3.42. The predicted molar refractivity (Wildman–Crippen MR) is 93.2 cm³/mol. The zero-order chi connectivity index (χ0) is 16.5. The van der Waals surface area contributed by atoms with Crippen molar-refractivity contribution in [3.8, 4) is 16.9 Å². The first kappa shape index (κ1) is 17.2. The Labute approximate surface area is 136 Å². The van der Waals surface area contributed by atoms with E-state index in [1.54, 1.807) is 0 Å². The minimum absolute atomic E-state index is 0.172. The van der Waals surface area contributed by atoms with Gasteiger partial charge < -0.3 is 20.7 Å². The van der Waals surface area contributed by atoms with Crippen LogP contribution in [0.2, 0.25) is 0 Å². The minimum atomic E-state index is -0.638. The molecule has 0 saturated carbocycles. The first-order valence-electron chi connectivity index (χ1n) is 7.71. The highest BCUT2D eigenvalue weighted by atomic mass is 16.5. The molecule has 0 saturated heterocycles. The summed E-state index contributed by atoms with van der Waals surface area (Å²) in [6.45, 7) is 0.563. The highest BCUT2D eigenvalue weighted by molar-refractivity contribution is 5.66. The number of aliphatic hydroxyl groups is 2. The van der Waals surface area contributed by atoms with E-state index >= 15 is 0 Å². The van der Waals surface area contributed by atoms with E-state index in [2.05, 4.69) is 12.1 Å². The molecule has 0 spiro atoms. The van der Waals surface area contributed by atoms with Gasteiger partial charge in [0.1, 0.15) is 18.5 Å². The standard InChI is InChI=1S/C19H23NO3/c20-13-18(22)14-23-19-10-8-17(9-11-19)16-6-4-15(5-7-16)3-1-2-12-21/h1,3-11,18,21-22H,2,12-14,20H2/b3-1+. The van der Waals surface area contributed by atoms with Crippen molar-refractivity contribution in [1.82, 2.24) is 0 Å². The van der Waals surface area contributed by atoms with Crippen LogP contribution < -0.4 is 10.5 Å². The summed E-state index contributed by atoms with van der Waals surface area (Å²) in [5.41, 5.74) is 8.67. The number of nitrogens with two attached hydrogens (primary N) is 1. The number of rotatable bonds is 8. The lowest BCUT2D eigenvalue weighted by atomic mass is 10.0. The second kappa shape index (κ2) is 9.10. The molecule has 0 heterocycles. The summed E-state index contributed by atoms with van der Waals surface area (Å²) < 4.78 is 5.46. The first-order valence-corrected chi connectivity index (χ1v) is 7.71. The van der Waals surface area contributed by atoms with Gasteiger partial charge in [0.2, 0.25) is 0 Å². The molecule has 0 aromatic heterocycles. The summed E-state index contributed by atoms with van der Waals surface area (Å²) >= 11 is 0. The van der Waals surface area contributed by atoms with Crippen molar-refractivity contribution in [3.63, 3.8) is 0 Å². The van der Waals surface area contributed by atoms with Crippen LogP contribution in [0.4, 0.5) is 0 Å². The van der Waals surface area contributed by atoms with Crippen LogP contribution >= 0.6 is 0 Å². The Bertz CT molecular complexity index is 606. The molecule has 0 aliphatic carbocycles. The Morgan fingerprint density at radius 1 is 1.00 bits per heavy atom. The van der Waals surface area contributed by atoms with Crippen molar-refractivity contribution in [2.24, 2.45) is 5.73 Å². The Kier molecular flexibility index (Phi) is 6.81. The summed E-state index contributed by atoms with van der Waals surface area (Å²) in [4.78, 5) is 0. The second-order valence-electron chi connectivity index (χ2n) is 5.26. The molecule has 0 bridgehead atoms. The van der Waals surface area contributed by atoms with E-state index < -0.39 is 6.10 Å². The number of hydrogen-bond donors (Lipinski definition) is 3. The summed E-state index contributed by atoms with van der Waals surface area (Å²) in [6, 6.07) is 16.0. The molecule has 23 heavy (non-hydrogen) atoms. The molecule has 4 heteroatoms. The predicted octanol–water partition coefficient (Wildman–Crippen LogP) is 2.45. The van der Waals surface area contributed by atoms with Gasteiger partial charge in [0, 0.05) is 13.2 Å². The van der Waals surface area contributed by atoms with Crippen molar-refractivity contribution >= 4 is 6.08 Å². The highest BCUT2D eigenvalue weighted by Gasteiger charge is 2.03. The fourth-order valence-corrected chi connectivity index (χ4v) is 2.08. The molecule has 0 amide bonds. The van der Waals surface area contributed by atoms with Gasteiger partial charge in [0.05, 0.1) is 0 Å². The van der Waals surface area contributed by atoms with Crippen molar-refractivity contribution in [2.45, 2.75) is 12.5 Å². The molecule has 4 nitrogen and oxygen atoms in total. The molecular formula is C19H23NO3. The SMILES string of the molecule is NCC(O)COc1ccc(-c2ccc(/C=C/CCO)cc2)cc1. The molecule has 122 valence electrons. The fraction of sp³-hybridized carbons (Fsp3) is 0.263. The minimum Gasteiger partial charge on any atom is -0.491 e. The number of benzene rings is 2. The molecule has 0 radical (unpaired) electrons. The molecular weight excluding hydrogens is 290 g/mol. The normalized spacial score (nSPS) is 12.5. The third-order valence-corrected chi connectivity index (χ3v) is 3.42. The average molecular weight is 313 g/mol.